The second-order valence-electron chi connectivity index (χ2n) is 3.14. The van der Waals surface area contributed by atoms with Crippen LogP contribution in [-0.2, 0) is 11.2 Å². The highest BCUT2D eigenvalue weighted by atomic mass is 35.5. The molecule has 1 aromatic heterocycles. The van der Waals surface area contributed by atoms with Gasteiger partial charge in [0.15, 0.2) is 5.22 Å². The summed E-state index contributed by atoms with van der Waals surface area (Å²) in [5.74, 6) is -1.08. The summed E-state index contributed by atoms with van der Waals surface area (Å²) in [6.45, 7) is 0. The van der Waals surface area contributed by atoms with Gasteiger partial charge in [-0.3, -0.25) is 4.79 Å². The van der Waals surface area contributed by atoms with E-state index in [1.54, 1.807) is 6.07 Å². The maximum absolute atomic E-state index is 10.5. The summed E-state index contributed by atoms with van der Waals surface area (Å²) in [5.41, 5.74) is 0.773. The Labute approximate surface area is 89.7 Å². The molecule has 0 fully saturated rings. The van der Waals surface area contributed by atoms with Crippen LogP contribution in [0.2, 0.25) is 5.22 Å². The molecule has 15 heavy (non-hydrogen) atoms. The van der Waals surface area contributed by atoms with Crippen LogP contribution in [0.3, 0.4) is 0 Å². The maximum atomic E-state index is 10.5. The number of carboxylic acid groups (broad SMARTS) is 1. The molecule has 0 unspecified atom stereocenters. The molecule has 0 spiro atoms. The lowest BCUT2D eigenvalue weighted by Gasteiger charge is -2.00. The summed E-state index contributed by atoms with van der Waals surface area (Å²) in [7, 11) is 0. The molecule has 2 aromatic rings. The van der Waals surface area contributed by atoms with Crippen LogP contribution in [0.5, 0.6) is 5.75 Å². The number of aromatic hydroxyl groups is 1. The third-order valence-electron chi connectivity index (χ3n) is 2.03. The van der Waals surface area contributed by atoms with Gasteiger partial charge in [-0.15, -0.1) is 0 Å². The lowest BCUT2D eigenvalue weighted by Crippen LogP contribution is -1.99. The van der Waals surface area contributed by atoms with E-state index in [1.165, 1.54) is 12.1 Å². The van der Waals surface area contributed by atoms with Crippen molar-refractivity contribution in [2.75, 3.05) is 0 Å². The Morgan fingerprint density at radius 3 is 2.80 bits per heavy atom. The highest BCUT2D eigenvalue weighted by Gasteiger charge is 2.10. The van der Waals surface area contributed by atoms with Crippen LogP contribution in [-0.4, -0.2) is 16.2 Å². The van der Waals surface area contributed by atoms with E-state index in [9.17, 15) is 9.90 Å². The molecule has 0 saturated carbocycles. The molecule has 2 rings (SSSR count). The number of phenolic OH excluding ortho intramolecular Hbond substituents is 1. The van der Waals surface area contributed by atoms with E-state index in [2.05, 4.69) is 0 Å². The maximum Gasteiger partial charge on any atom is 0.307 e. The zero-order chi connectivity index (χ0) is 11.0. The normalized spacial score (nSPS) is 10.7. The van der Waals surface area contributed by atoms with Crippen molar-refractivity contribution in [3.8, 4) is 5.75 Å². The third kappa shape index (κ3) is 1.89. The lowest BCUT2D eigenvalue weighted by atomic mass is 10.1. The number of phenols is 1. The van der Waals surface area contributed by atoms with Gasteiger partial charge in [0.1, 0.15) is 11.3 Å². The molecule has 0 radical (unpaired) electrons. The number of halogens is 1. The van der Waals surface area contributed by atoms with Crippen LogP contribution in [0.15, 0.2) is 22.6 Å². The smallest absolute Gasteiger partial charge is 0.307 e. The van der Waals surface area contributed by atoms with Crippen LogP contribution in [0.1, 0.15) is 5.56 Å². The van der Waals surface area contributed by atoms with E-state index >= 15 is 0 Å². The van der Waals surface area contributed by atoms with E-state index in [-0.39, 0.29) is 17.4 Å². The topological polar surface area (TPSA) is 70.7 Å². The fourth-order valence-corrected chi connectivity index (χ4v) is 1.59. The number of fused-ring (bicyclic) bond motifs is 1. The fraction of sp³-hybridized carbons (Fsp3) is 0.100. The molecule has 78 valence electrons. The van der Waals surface area contributed by atoms with Gasteiger partial charge in [-0.2, -0.15) is 0 Å². The summed E-state index contributed by atoms with van der Waals surface area (Å²) in [6, 6.07) is 4.47. The summed E-state index contributed by atoms with van der Waals surface area (Å²) in [5, 5.41) is 19.0. The van der Waals surface area contributed by atoms with Gasteiger partial charge in [-0.05, 0) is 23.7 Å². The SMILES string of the molecule is O=C(O)Cc1cc2oc(Cl)cc2cc1O. The fourth-order valence-electron chi connectivity index (χ4n) is 1.39. The second kappa shape index (κ2) is 3.47. The molecule has 0 bridgehead atoms. The molecule has 0 aliphatic carbocycles. The predicted molar refractivity (Wildman–Crippen MR) is 54.2 cm³/mol. The number of hydrogen-bond acceptors (Lipinski definition) is 3. The predicted octanol–water partition coefficient (Wildman–Crippen LogP) is 2.42. The summed E-state index contributed by atoms with van der Waals surface area (Å²) in [6.07, 6.45) is -0.250. The molecule has 2 N–H and O–H groups in total. The molecular weight excluding hydrogens is 220 g/mol. The molecule has 0 aliphatic heterocycles. The van der Waals surface area contributed by atoms with E-state index in [0.717, 1.165) is 0 Å². The molecule has 4 nitrogen and oxygen atoms in total. The molecular formula is C10H7ClO4. The van der Waals surface area contributed by atoms with Crippen molar-refractivity contribution in [2.24, 2.45) is 0 Å². The zero-order valence-electron chi connectivity index (χ0n) is 7.53. The summed E-state index contributed by atoms with van der Waals surface area (Å²) >= 11 is 5.63. The Balaban J connectivity index is 2.55. The minimum Gasteiger partial charge on any atom is -0.508 e. The van der Waals surface area contributed by atoms with Crippen molar-refractivity contribution in [2.45, 2.75) is 6.42 Å². The average molecular weight is 227 g/mol. The molecule has 0 aliphatic rings. The van der Waals surface area contributed by atoms with Gasteiger partial charge in [0, 0.05) is 17.0 Å². The molecule has 0 atom stereocenters. The molecule has 0 saturated heterocycles. The third-order valence-corrected chi connectivity index (χ3v) is 2.22. The van der Waals surface area contributed by atoms with Crippen molar-refractivity contribution < 1.29 is 19.4 Å². The van der Waals surface area contributed by atoms with Crippen LogP contribution in [0.4, 0.5) is 0 Å². The zero-order valence-corrected chi connectivity index (χ0v) is 8.28. The average Bonchev–Trinajstić information content (AvgIpc) is 2.44. The van der Waals surface area contributed by atoms with Crippen molar-refractivity contribution in [3.63, 3.8) is 0 Å². The Hall–Kier alpha value is -1.68. The Kier molecular flexibility index (Phi) is 2.28. The molecule has 1 aromatic carbocycles. The number of rotatable bonds is 2. The van der Waals surface area contributed by atoms with Gasteiger partial charge >= 0.3 is 5.97 Å². The summed E-state index contributed by atoms with van der Waals surface area (Å²) < 4.78 is 5.11. The second-order valence-corrected chi connectivity index (χ2v) is 3.51. The number of aliphatic carboxylic acids is 1. The number of hydrogen-bond donors (Lipinski definition) is 2. The van der Waals surface area contributed by atoms with Crippen molar-refractivity contribution in [1.29, 1.82) is 0 Å². The first-order chi connectivity index (χ1) is 7.06. The van der Waals surface area contributed by atoms with Gasteiger partial charge in [0.2, 0.25) is 0 Å². The van der Waals surface area contributed by atoms with Crippen LogP contribution >= 0.6 is 11.6 Å². The van der Waals surface area contributed by atoms with Gasteiger partial charge in [0.25, 0.3) is 0 Å². The first-order valence-corrected chi connectivity index (χ1v) is 4.57. The number of benzene rings is 1. The lowest BCUT2D eigenvalue weighted by molar-refractivity contribution is -0.136. The van der Waals surface area contributed by atoms with E-state index < -0.39 is 5.97 Å². The molecule has 5 heteroatoms. The highest BCUT2D eigenvalue weighted by Crippen LogP contribution is 2.29. The number of carboxylic acids is 1. The van der Waals surface area contributed by atoms with Gasteiger partial charge in [-0.25, -0.2) is 0 Å². The Morgan fingerprint density at radius 1 is 1.40 bits per heavy atom. The monoisotopic (exact) mass is 226 g/mol. The number of furan rings is 1. The first-order valence-electron chi connectivity index (χ1n) is 4.19. The van der Waals surface area contributed by atoms with Crippen molar-refractivity contribution in [1.82, 2.24) is 0 Å². The van der Waals surface area contributed by atoms with Crippen LogP contribution in [0.25, 0.3) is 11.0 Å². The molecule has 0 amide bonds. The van der Waals surface area contributed by atoms with Crippen molar-refractivity contribution in [3.05, 3.63) is 29.0 Å². The summed E-state index contributed by atoms with van der Waals surface area (Å²) in [4.78, 5) is 10.5. The van der Waals surface area contributed by atoms with Crippen LogP contribution < -0.4 is 0 Å². The quantitative estimate of drug-likeness (QED) is 0.825. The Bertz CT molecular complexity index is 529. The number of carbonyl (C=O) groups is 1. The first kappa shape index (κ1) is 9.86. The van der Waals surface area contributed by atoms with E-state index in [1.807, 2.05) is 0 Å². The highest BCUT2D eigenvalue weighted by molar-refractivity contribution is 6.29. The van der Waals surface area contributed by atoms with Crippen molar-refractivity contribution >= 4 is 28.5 Å². The van der Waals surface area contributed by atoms with Gasteiger partial charge in [-0.1, -0.05) is 0 Å². The largest absolute Gasteiger partial charge is 0.508 e. The standard InChI is InChI=1S/C10H7ClO4/c11-9-3-6-1-7(12)5(4-10(13)14)2-8(6)15-9/h1-3,12H,4H2,(H,13,14). The van der Waals surface area contributed by atoms with Crippen LogP contribution in [0, 0.1) is 0 Å². The minimum absolute atomic E-state index is 0.0673. The van der Waals surface area contributed by atoms with Gasteiger partial charge in [0.05, 0.1) is 6.42 Å². The Morgan fingerprint density at radius 2 is 2.13 bits per heavy atom. The molecule has 1 heterocycles. The van der Waals surface area contributed by atoms with Gasteiger partial charge < -0.3 is 14.6 Å². The van der Waals surface area contributed by atoms with E-state index in [0.29, 0.717) is 16.5 Å². The van der Waals surface area contributed by atoms with E-state index in [4.69, 9.17) is 21.1 Å². The minimum atomic E-state index is -1.01.